The monoisotopic (exact) mass is 272 g/mol. The molecule has 7 heteroatoms. The van der Waals surface area contributed by atoms with E-state index >= 15 is 0 Å². The van der Waals surface area contributed by atoms with Crippen LogP contribution in [0.3, 0.4) is 0 Å². The lowest BCUT2D eigenvalue weighted by atomic mass is 10.1. The highest BCUT2D eigenvalue weighted by Crippen LogP contribution is 2.23. The molecular formula is C11H16N2O4S. The molecule has 0 radical (unpaired) electrons. The fraction of sp³-hybridized carbons (Fsp3) is 0.364. The molecule has 0 saturated carbocycles. The minimum Gasteiger partial charge on any atom is -0.468 e. The van der Waals surface area contributed by atoms with Gasteiger partial charge in [-0.25, -0.2) is 8.42 Å². The van der Waals surface area contributed by atoms with Crippen molar-refractivity contribution in [1.82, 2.24) is 0 Å². The van der Waals surface area contributed by atoms with E-state index in [-0.39, 0.29) is 0 Å². The normalized spacial score (nSPS) is 11.1. The Morgan fingerprint density at radius 1 is 1.33 bits per heavy atom. The van der Waals surface area contributed by atoms with Crippen molar-refractivity contribution in [2.75, 3.05) is 23.3 Å². The third kappa shape index (κ3) is 3.63. The van der Waals surface area contributed by atoms with Gasteiger partial charge < -0.3 is 10.5 Å². The maximum atomic E-state index is 11.7. The van der Waals surface area contributed by atoms with Gasteiger partial charge in [-0.1, -0.05) is 6.07 Å². The SMILES string of the molecule is COC(=O)CS(=O)(=O)Nc1cc(N)c(C)cc1C. The molecule has 1 aromatic rings. The Morgan fingerprint density at radius 3 is 2.50 bits per heavy atom. The summed E-state index contributed by atoms with van der Waals surface area (Å²) in [5, 5.41) is 0. The molecule has 100 valence electrons. The molecule has 0 aliphatic heterocycles. The number of esters is 1. The van der Waals surface area contributed by atoms with E-state index in [4.69, 9.17) is 5.73 Å². The van der Waals surface area contributed by atoms with Crippen LogP contribution < -0.4 is 10.5 Å². The summed E-state index contributed by atoms with van der Waals surface area (Å²) in [6.07, 6.45) is 0. The smallest absolute Gasteiger partial charge is 0.322 e. The molecule has 0 aliphatic rings. The number of aryl methyl sites for hydroxylation is 2. The zero-order valence-corrected chi connectivity index (χ0v) is 11.3. The number of benzene rings is 1. The van der Waals surface area contributed by atoms with Crippen molar-refractivity contribution in [2.24, 2.45) is 0 Å². The molecule has 0 unspecified atom stereocenters. The zero-order valence-electron chi connectivity index (χ0n) is 10.5. The van der Waals surface area contributed by atoms with Gasteiger partial charge in [0.2, 0.25) is 10.0 Å². The summed E-state index contributed by atoms with van der Waals surface area (Å²) < 4.78 is 30.0. The molecule has 0 atom stereocenters. The number of carbonyl (C=O) groups is 1. The highest BCUT2D eigenvalue weighted by molar-refractivity contribution is 7.93. The second-order valence-electron chi connectivity index (χ2n) is 3.96. The third-order valence-electron chi connectivity index (χ3n) is 2.41. The Morgan fingerprint density at radius 2 is 1.94 bits per heavy atom. The third-order valence-corrected chi connectivity index (χ3v) is 3.56. The van der Waals surface area contributed by atoms with Crippen LogP contribution in [0, 0.1) is 13.8 Å². The molecular weight excluding hydrogens is 256 g/mol. The molecule has 0 bridgehead atoms. The quantitative estimate of drug-likeness (QED) is 0.624. The summed E-state index contributed by atoms with van der Waals surface area (Å²) >= 11 is 0. The number of nitrogens with one attached hydrogen (secondary N) is 1. The number of hydrogen-bond acceptors (Lipinski definition) is 5. The van der Waals surface area contributed by atoms with Crippen LogP contribution in [0.5, 0.6) is 0 Å². The predicted molar refractivity (Wildman–Crippen MR) is 69.8 cm³/mol. The first-order valence-electron chi connectivity index (χ1n) is 5.19. The van der Waals surface area contributed by atoms with Gasteiger partial charge in [-0.05, 0) is 31.0 Å². The first-order chi connectivity index (χ1) is 8.25. The number of methoxy groups -OCH3 is 1. The second kappa shape index (κ2) is 5.26. The van der Waals surface area contributed by atoms with Crippen LogP contribution in [0.4, 0.5) is 11.4 Å². The van der Waals surface area contributed by atoms with Crippen LogP contribution in [0.25, 0.3) is 0 Å². The molecule has 18 heavy (non-hydrogen) atoms. The Labute approximate surface area is 106 Å². The highest BCUT2D eigenvalue weighted by Gasteiger charge is 2.18. The molecule has 0 spiro atoms. The maximum absolute atomic E-state index is 11.7. The number of nitrogen functional groups attached to an aromatic ring is 1. The summed E-state index contributed by atoms with van der Waals surface area (Å²) in [6.45, 7) is 3.58. The molecule has 3 N–H and O–H groups in total. The molecule has 0 saturated heterocycles. The van der Waals surface area contributed by atoms with Crippen molar-refractivity contribution in [2.45, 2.75) is 13.8 Å². The summed E-state index contributed by atoms with van der Waals surface area (Å²) in [6, 6.07) is 3.30. The molecule has 0 aliphatic carbocycles. The Kier molecular flexibility index (Phi) is 4.18. The lowest BCUT2D eigenvalue weighted by molar-refractivity contribution is -0.137. The van der Waals surface area contributed by atoms with Crippen LogP contribution in [0.15, 0.2) is 12.1 Å². The average Bonchev–Trinajstić information content (AvgIpc) is 2.24. The van der Waals surface area contributed by atoms with E-state index in [0.717, 1.165) is 18.2 Å². The number of rotatable bonds is 4. The standard InChI is InChI=1S/C11H16N2O4S/c1-7-4-8(2)10(5-9(7)12)13-18(15,16)6-11(14)17-3/h4-5,13H,6,12H2,1-3H3. The summed E-state index contributed by atoms with van der Waals surface area (Å²) in [7, 11) is -2.65. The predicted octanol–water partition coefficient (Wildman–Crippen LogP) is 0.800. The van der Waals surface area contributed by atoms with Gasteiger partial charge in [-0.15, -0.1) is 0 Å². The number of hydrogen-bond donors (Lipinski definition) is 2. The van der Waals surface area contributed by atoms with Crippen LogP contribution in [-0.4, -0.2) is 27.2 Å². The number of carbonyl (C=O) groups excluding carboxylic acids is 1. The van der Waals surface area contributed by atoms with Crippen molar-refractivity contribution in [1.29, 1.82) is 0 Å². The van der Waals surface area contributed by atoms with Crippen molar-refractivity contribution < 1.29 is 17.9 Å². The number of anilines is 2. The summed E-state index contributed by atoms with van der Waals surface area (Å²) in [5.41, 5.74) is 8.15. The van der Waals surface area contributed by atoms with Crippen LogP contribution in [-0.2, 0) is 19.6 Å². The average molecular weight is 272 g/mol. The number of ether oxygens (including phenoxy) is 1. The molecule has 0 amide bonds. The minimum absolute atomic E-state index is 0.363. The van der Waals surface area contributed by atoms with Crippen LogP contribution >= 0.6 is 0 Å². The van der Waals surface area contributed by atoms with E-state index in [1.807, 2.05) is 6.92 Å². The van der Waals surface area contributed by atoms with Gasteiger partial charge in [0.15, 0.2) is 5.75 Å². The lowest BCUT2D eigenvalue weighted by Crippen LogP contribution is -2.24. The van der Waals surface area contributed by atoms with Gasteiger partial charge in [0.05, 0.1) is 12.8 Å². The summed E-state index contributed by atoms with van der Waals surface area (Å²) in [5.74, 6) is -1.54. The first-order valence-corrected chi connectivity index (χ1v) is 6.84. The fourth-order valence-electron chi connectivity index (χ4n) is 1.40. The van der Waals surface area contributed by atoms with E-state index in [2.05, 4.69) is 9.46 Å². The van der Waals surface area contributed by atoms with Crippen molar-refractivity contribution in [3.05, 3.63) is 23.3 Å². The summed E-state index contributed by atoms with van der Waals surface area (Å²) in [4.78, 5) is 11.0. The molecule has 1 rings (SSSR count). The van der Waals surface area contributed by atoms with Crippen LogP contribution in [0.2, 0.25) is 0 Å². The minimum atomic E-state index is -3.78. The molecule has 0 aromatic heterocycles. The highest BCUT2D eigenvalue weighted by atomic mass is 32.2. The van der Waals surface area contributed by atoms with Gasteiger partial charge in [0, 0.05) is 5.69 Å². The molecule has 0 fully saturated rings. The lowest BCUT2D eigenvalue weighted by Gasteiger charge is -2.12. The molecule has 1 aromatic carbocycles. The zero-order chi connectivity index (χ0) is 13.9. The van der Waals surface area contributed by atoms with Gasteiger partial charge >= 0.3 is 5.97 Å². The van der Waals surface area contributed by atoms with Crippen molar-refractivity contribution >= 4 is 27.4 Å². The fourth-order valence-corrected chi connectivity index (χ4v) is 2.45. The largest absolute Gasteiger partial charge is 0.468 e. The van der Waals surface area contributed by atoms with Gasteiger partial charge in [-0.3, -0.25) is 9.52 Å². The Hall–Kier alpha value is -1.76. The maximum Gasteiger partial charge on any atom is 0.322 e. The topological polar surface area (TPSA) is 98.5 Å². The van der Waals surface area contributed by atoms with Gasteiger partial charge in [-0.2, -0.15) is 0 Å². The van der Waals surface area contributed by atoms with Gasteiger partial charge in [0.1, 0.15) is 0 Å². The Bertz CT molecular complexity index is 567. The van der Waals surface area contributed by atoms with Gasteiger partial charge in [0.25, 0.3) is 0 Å². The van der Waals surface area contributed by atoms with E-state index in [0.29, 0.717) is 11.4 Å². The number of nitrogens with two attached hydrogens (primary N) is 1. The van der Waals surface area contributed by atoms with E-state index in [9.17, 15) is 13.2 Å². The van der Waals surface area contributed by atoms with Crippen LogP contribution in [0.1, 0.15) is 11.1 Å². The second-order valence-corrected chi connectivity index (χ2v) is 5.68. The van der Waals surface area contributed by atoms with Crippen molar-refractivity contribution in [3.8, 4) is 0 Å². The molecule has 0 heterocycles. The van der Waals surface area contributed by atoms with E-state index in [1.165, 1.54) is 6.07 Å². The van der Waals surface area contributed by atoms with Crippen molar-refractivity contribution in [3.63, 3.8) is 0 Å². The Balaban J connectivity index is 2.98. The van der Waals surface area contributed by atoms with E-state index in [1.54, 1.807) is 13.0 Å². The van der Waals surface area contributed by atoms with E-state index < -0.39 is 21.7 Å². The number of sulfonamides is 1. The first kappa shape index (κ1) is 14.3. The molecule has 6 nitrogen and oxygen atoms in total.